The predicted octanol–water partition coefficient (Wildman–Crippen LogP) is 4.84. The second-order valence-electron chi connectivity index (χ2n) is 9.86. The number of piperidine rings is 1. The summed E-state index contributed by atoms with van der Waals surface area (Å²) in [5, 5.41) is 0. The van der Waals surface area contributed by atoms with Crippen LogP contribution in [0.4, 0.5) is 0 Å². The Labute approximate surface area is 174 Å². The molecule has 3 aliphatic carbocycles. The zero-order valence-corrected chi connectivity index (χ0v) is 17.8. The van der Waals surface area contributed by atoms with Crippen LogP contribution < -0.4 is 0 Å². The van der Waals surface area contributed by atoms with Crippen molar-refractivity contribution in [2.75, 3.05) is 13.1 Å². The maximum absolute atomic E-state index is 13.4. The lowest BCUT2D eigenvalue weighted by Gasteiger charge is -2.24. The second kappa shape index (κ2) is 6.18. The van der Waals surface area contributed by atoms with E-state index in [1.807, 2.05) is 23.4 Å². The minimum atomic E-state index is -3.41. The van der Waals surface area contributed by atoms with Crippen molar-refractivity contribution in [2.24, 2.45) is 29.1 Å². The largest absolute Gasteiger partial charge is 0.243 e. The van der Waals surface area contributed by atoms with Crippen LogP contribution in [-0.4, -0.2) is 25.8 Å². The molecule has 4 fully saturated rings. The summed E-state index contributed by atoms with van der Waals surface area (Å²) in [5.41, 5.74) is 2.70. The highest BCUT2D eigenvalue weighted by molar-refractivity contribution is 7.89. The molecule has 29 heavy (non-hydrogen) atoms. The number of sulfonamides is 1. The van der Waals surface area contributed by atoms with Crippen LogP contribution in [0.2, 0.25) is 0 Å². The van der Waals surface area contributed by atoms with Crippen molar-refractivity contribution in [3.8, 4) is 0 Å². The number of rotatable bonds is 4. The molecule has 0 radical (unpaired) electrons. The lowest BCUT2D eigenvalue weighted by molar-refractivity contribution is 0.335. The number of aryl methyl sites for hydroxylation is 1. The molecular weight excluding hydrogens is 378 g/mol. The Morgan fingerprint density at radius 1 is 0.931 bits per heavy atom. The highest BCUT2D eigenvalue weighted by Crippen LogP contribution is 2.81. The molecule has 0 N–H and O–H groups in total. The maximum Gasteiger partial charge on any atom is 0.243 e. The molecule has 2 aromatic carbocycles. The quantitative estimate of drug-likeness (QED) is 0.728. The van der Waals surface area contributed by atoms with Gasteiger partial charge in [0.2, 0.25) is 10.0 Å². The summed E-state index contributed by atoms with van der Waals surface area (Å²) in [5.74, 6) is 3.46. The van der Waals surface area contributed by atoms with E-state index in [4.69, 9.17) is 0 Å². The van der Waals surface area contributed by atoms with E-state index in [0.717, 1.165) is 23.3 Å². The summed E-state index contributed by atoms with van der Waals surface area (Å²) in [6, 6.07) is 18.2. The summed E-state index contributed by atoms with van der Waals surface area (Å²) in [7, 11) is -3.41. The van der Waals surface area contributed by atoms with Crippen molar-refractivity contribution in [1.82, 2.24) is 4.31 Å². The van der Waals surface area contributed by atoms with Crippen LogP contribution in [0.5, 0.6) is 0 Å². The van der Waals surface area contributed by atoms with Crippen LogP contribution in [0.25, 0.3) is 0 Å². The molecule has 4 heteroatoms. The Bertz CT molecular complexity index is 1020. The van der Waals surface area contributed by atoms with E-state index in [1.165, 1.54) is 31.2 Å². The zero-order valence-electron chi connectivity index (χ0n) is 17.0. The first kappa shape index (κ1) is 18.1. The molecule has 1 unspecified atom stereocenters. The summed E-state index contributed by atoms with van der Waals surface area (Å²) in [4.78, 5) is 0.448. The Kier molecular flexibility index (Phi) is 3.87. The third-order valence-corrected chi connectivity index (χ3v) is 10.3. The molecule has 0 spiro atoms. The molecule has 152 valence electrons. The molecule has 0 bridgehead atoms. The van der Waals surface area contributed by atoms with Gasteiger partial charge >= 0.3 is 0 Å². The van der Waals surface area contributed by atoms with Crippen molar-refractivity contribution in [1.29, 1.82) is 0 Å². The van der Waals surface area contributed by atoms with Gasteiger partial charge < -0.3 is 0 Å². The van der Waals surface area contributed by atoms with E-state index in [0.29, 0.717) is 29.8 Å². The zero-order chi connectivity index (χ0) is 19.8. The summed E-state index contributed by atoms with van der Waals surface area (Å²) in [6.45, 7) is 3.40. The standard InChI is InChI=1S/C25H29NO2S/c1-17-11-13-19(14-12-17)29(27,28)26-15-22-23(18-7-3-2-4-8-18)25(22,16-26)24-20-9-5-6-10-21(20)24/h2-4,7-8,11-14,20-24H,5-6,9-10,15-16H2,1H3/t20-,21+,22-,23+,24?,25+/m1/s1. The van der Waals surface area contributed by atoms with Crippen molar-refractivity contribution in [3.63, 3.8) is 0 Å². The van der Waals surface area contributed by atoms with Crippen molar-refractivity contribution in [2.45, 2.75) is 43.4 Å². The first-order chi connectivity index (χ1) is 14.0. The van der Waals surface area contributed by atoms with Gasteiger partial charge in [0.25, 0.3) is 0 Å². The smallest absolute Gasteiger partial charge is 0.207 e. The molecule has 1 heterocycles. The lowest BCUT2D eigenvalue weighted by atomic mass is 9.91. The summed E-state index contributed by atoms with van der Waals surface area (Å²) in [6.07, 6.45) is 5.44. The van der Waals surface area contributed by atoms with E-state index in [2.05, 4.69) is 30.3 Å². The normalized spacial score (nSPS) is 38.3. The SMILES string of the molecule is Cc1ccc(S(=O)(=O)N2C[C@@H]3[C@H](c4ccccc4)[C@]3(C3[C@H]4CCCC[C@@H]34)C2)cc1. The molecule has 4 aliphatic rings. The van der Waals surface area contributed by atoms with Gasteiger partial charge in [-0.15, -0.1) is 0 Å². The summed E-state index contributed by atoms with van der Waals surface area (Å²) >= 11 is 0. The van der Waals surface area contributed by atoms with Gasteiger partial charge in [-0.1, -0.05) is 60.9 Å². The second-order valence-corrected chi connectivity index (χ2v) is 11.8. The van der Waals surface area contributed by atoms with E-state index in [9.17, 15) is 8.42 Å². The molecule has 6 atom stereocenters. The van der Waals surface area contributed by atoms with Crippen LogP contribution >= 0.6 is 0 Å². The minimum Gasteiger partial charge on any atom is -0.207 e. The fourth-order valence-corrected chi connectivity index (χ4v) is 8.74. The highest BCUT2D eigenvalue weighted by atomic mass is 32.2. The third kappa shape index (κ3) is 2.55. The van der Waals surface area contributed by atoms with Crippen LogP contribution in [0.3, 0.4) is 0 Å². The van der Waals surface area contributed by atoms with Gasteiger partial charge in [-0.3, -0.25) is 0 Å². The number of fused-ring (bicyclic) bond motifs is 2. The number of benzene rings is 2. The van der Waals surface area contributed by atoms with Gasteiger partial charge in [0.15, 0.2) is 0 Å². The fraction of sp³-hybridized carbons (Fsp3) is 0.520. The number of hydrogen-bond acceptors (Lipinski definition) is 2. The van der Waals surface area contributed by atoms with Gasteiger partial charge in [-0.25, -0.2) is 8.42 Å². The average molecular weight is 408 g/mol. The van der Waals surface area contributed by atoms with Gasteiger partial charge in [0, 0.05) is 13.1 Å². The molecular formula is C25H29NO2S. The monoisotopic (exact) mass is 407 g/mol. The molecule has 3 saturated carbocycles. The Hall–Kier alpha value is -1.65. The molecule has 6 rings (SSSR count). The van der Waals surface area contributed by atoms with Crippen LogP contribution in [0.15, 0.2) is 59.5 Å². The molecule has 1 saturated heterocycles. The van der Waals surface area contributed by atoms with Crippen molar-refractivity contribution >= 4 is 10.0 Å². The Morgan fingerprint density at radius 2 is 1.59 bits per heavy atom. The maximum atomic E-state index is 13.4. The highest BCUT2D eigenvalue weighted by Gasteiger charge is 2.79. The first-order valence-corrected chi connectivity index (χ1v) is 12.6. The van der Waals surface area contributed by atoms with Crippen LogP contribution in [-0.2, 0) is 10.0 Å². The van der Waals surface area contributed by atoms with Gasteiger partial charge in [0.1, 0.15) is 0 Å². The van der Waals surface area contributed by atoms with E-state index in [1.54, 1.807) is 12.1 Å². The summed E-state index contributed by atoms with van der Waals surface area (Å²) < 4.78 is 28.6. The first-order valence-electron chi connectivity index (χ1n) is 11.2. The number of nitrogens with zero attached hydrogens (tertiary/aromatic N) is 1. The Morgan fingerprint density at radius 3 is 2.24 bits per heavy atom. The average Bonchev–Trinajstić information content (AvgIpc) is 3.58. The topological polar surface area (TPSA) is 37.4 Å². The van der Waals surface area contributed by atoms with Gasteiger partial charge in [0.05, 0.1) is 4.90 Å². The van der Waals surface area contributed by atoms with E-state index in [-0.39, 0.29) is 5.41 Å². The molecule has 1 aliphatic heterocycles. The molecule has 0 aromatic heterocycles. The van der Waals surface area contributed by atoms with E-state index < -0.39 is 10.0 Å². The van der Waals surface area contributed by atoms with Crippen LogP contribution in [0.1, 0.15) is 42.7 Å². The van der Waals surface area contributed by atoms with Gasteiger partial charge in [-0.05, 0) is 72.5 Å². The van der Waals surface area contributed by atoms with Gasteiger partial charge in [-0.2, -0.15) is 4.31 Å². The lowest BCUT2D eigenvalue weighted by Crippen LogP contribution is -2.34. The molecule has 2 aromatic rings. The molecule has 3 nitrogen and oxygen atoms in total. The van der Waals surface area contributed by atoms with Crippen molar-refractivity contribution in [3.05, 3.63) is 65.7 Å². The van der Waals surface area contributed by atoms with Crippen LogP contribution in [0, 0.1) is 36.0 Å². The third-order valence-electron chi connectivity index (χ3n) is 8.51. The predicted molar refractivity (Wildman–Crippen MR) is 114 cm³/mol. The minimum absolute atomic E-state index is 0.179. The van der Waals surface area contributed by atoms with E-state index >= 15 is 0 Å². The number of hydrogen-bond donors (Lipinski definition) is 0. The molecule has 0 amide bonds. The van der Waals surface area contributed by atoms with Crippen molar-refractivity contribution < 1.29 is 8.42 Å². The fourth-order valence-electron chi connectivity index (χ4n) is 7.22. The Balaban J connectivity index is 1.33.